The maximum absolute atomic E-state index is 12.8. The summed E-state index contributed by atoms with van der Waals surface area (Å²) in [5, 5.41) is 0. The van der Waals surface area contributed by atoms with Crippen molar-refractivity contribution >= 4 is 18.0 Å². The first-order chi connectivity index (χ1) is 14.0. The molecule has 0 saturated carbocycles. The van der Waals surface area contributed by atoms with Crippen LogP contribution in [0.1, 0.15) is 23.7 Å². The van der Waals surface area contributed by atoms with Gasteiger partial charge in [-0.15, -0.1) is 0 Å². The summed E-state index contributed by atoms with van der Waals surface area (Å²) in [5.41, 5.74) is 0.490. The van der Waals surface area contributed by atoms with E-state index >= 15 is 0 Å². The van der Waals surface area contributed by atoms with Crippen molar-refractivity contribution in [3.05, 3.63) is 29.8 Å². The number of amides is 2. The molecule has 0 radical (unpaired) electrons. The molecule has 1 fully saturated rings. The molecule has 160 valence electrons. The molecule has 29 heavy (non-hydrogen) atoms. The van der Waals surface area contributed by atoms with Gasteiger partial charge in [0.05, 0.1) is 19.8 Å². The van der Waals surface area contributed by atoms with E-state index in [0.717, 1.165) is 0 Å². The van der Waals surface area contributed by atoms with Crippen LogP contribution in [0.3, 0.4) is 0 Å². The summed E-state index contributed by atoms with van der Waals surface area (Å²) >= 11 is 0. The minimum atomic E-state index is -0.782. The second-order valence-electron chi connectivity index (χ2n) is 6.38. The van der Waals surface area contributed by atoms with E-state index in [-0.39, 0.29) is 25.0 Å². The standard InChI is InChI=1S/C20H28N2O7/c1-3-28-20(25)29-17-7-5-16(6-8-17)19(24)22-10-4-9-21(11-12-22)18(23)15-27-14-13-26-2/h5-8H,3-4,9-15H2,1-2H3. The molecule has 1 aromatic carbocycles. The van der Waals surface area contributed by atoms with Crippen LogP contribution in [0.2, 0.25) is 0 Å². The Balaban J connectivity index is 1.85. The molecule has 0 spiro atoms. The van der Waals surface area contributed by atoms with Crippen LogP contribution in [0.25, 0.3) is 0 Å². The van der Waals surface area contributed by atoms with Crippen molar-refractivity contribution in [1.29, 1.82) is 0 Å². The molecule has 1 aliphatic rings. The fourth-order valence-electron chi connectivity index (χ4n) is 2.85. The Morgan fingerprint density at radius 1 is 0.966 bits per heavy atom. The van der Waals surface area contributed by atoms with E-state index in [9.17, 15) is 14.4 Å². The second kappa shape index (κ2) is 12.0. The summed E-state index contributed by atoms with van der Waals surface area (Å²) in [6.07, 6.45) is -0.0883. The Morgan fingerprint density at radius 3 is 2.34 bits per heavy atom. The molecule has 1 aliphatic heterocycles. The molecule has 0 aromatic heterocycles. The van der Waals surface area contributed by atoms with E-state index in [0.29, 0.717) is 57.1 Å². The number of carbonyl (C=O) groups excluding carboxylic acids is 3. The molecular weight excluding hydrogens is 380 g/mol. The summed E-state index contributed by atoms with van der Waals surface area (Å²) < 4.78 is 19.9. The lowest BCUT2D eigenvalue weighted by Crippen LogP contribution is -2.39. The molecule has 0 bridgehead atoms. The first kappa shape index (κ1) is 22.6. The predicted molar refractivity (Wildman–Crippen MR) is 104 cm³/mol. The summed E-state index contributed by atoms with van der Waals surface area (Å²) in [6, 6.07) is 6.31. The number of hydrogen-bond acceptors (Lipinski definition) is 7. The van der Waals surface area contributed by atoms with Gasteiger partial charge in [0.1, 0.15) is 12.4 Å². The second-order valence-corrected chi connectivity index (χ2v) is 6.38. The number of rotatable bonds is 8. The minimum Gasteiger partial charge on any atom is -0.434 e. The molecule has 9 nitrogen and oxygen atoms in total. The van der Waals surface area contributed by atoms with E-state index in [4.69, 9.17) is 18.9 Å². The average Bonchev–Trinajstić information content (AvgIpc) is 2.98. The van der Waals surface area contributed by atoms with Gasteiger partial charge >= 0.3 is 6.16 Å². The van der Waals surface area contributed by atoms with E-state index in [1.807, 2.05) is 0 Å². The summed E-state index contributed by atoms with van der Waals surface area (Å²) in [5.74, 6) is 0.0929. The van der Waals surface area contributed by atoms with Crippen molar-refractivity contribution in [3.63, 3.8) is 0 Å². The Hall–Kier alpha value is -2.65. The lowest BCUT2D eigenvalue weighted by atomic mass is 10.2. The zero-order chi connectivity index (χ0) is 21.1. The Kier molecular flexibility index (Phi) is 9.39. The molecule has 0 atom stereocenters. The molecule has 1 heterocycles. The van der Waals surface area contributed by atoms with Gasteiger partial charge in [-0.05, 0) is 37.6 Å². The first-order valence-corrected chi connectivity index (χ1v) is 9.63. The molecule has 0 aliphatic carbocycles. The number of carbonyl (C=O) groups is 3. The summed E-state index contributed by atoms with van der Waals surface area (Å²) in [4.78, 5) is 39.8. The number of benzene rings is 1. The molecule has 0 unspecified atom stereocenters. The van der Waals surface area contributed by atoms with E-state index in [2.05, 4.69) is 0 Å². The third-order valence-electron chi connectivity index (χ3n) is 4.36. The van der Waals surface area contributed by atoms with Gasteiger partial charge in [-0.25, -0.2) is 4.79 Å². The SMILES string of the molecule is CCOC(=O)Oc1ccc(C(=O)N2CCCN(C(=O)COCCOC)CC2)cc1. The zero-order valence-corrected chi connectivity index (χ0v) is 16.9. The van der Waals surface area contributed by atoms with Gasteiger partial charge in [0.25, 0.3) is 5.91 Å². The van der Waals surface area contributed by atoms with Gasteiger partial charge in [-0.1, -0.05) is 0 Å². The van der Waals surface area contributed by atoms with E-state index in [1.54, 1.807) is 48.1 Å². The molecule has 1 aromatic rings. The van der Waals surface area contributed by atoms with Crippen LogP contribution in [0.5, 0.6) is 5.75 Å². The van der Waals surface area contributed by atoms with Crippen molar-refractivity contribution in [2.24, 2.45) is 0 Å². The van der Waals surface area contributed by atoms with Crippen LogP contribution < -0.4 is 4.74 Å². The fraction of sp³-hybridized carbons (Fsp3) is 0.550. The lowest BCUT2D eigenvalue weighted by molar-refractivity contribution is -0.136. The van der Waals surface area contributed by atoms with Crippen molar-refractivity contribution in [3.8, 4) is 5.75 Å². The van der Waals surface area contributed by atoms with Crippen LogP contribution in [-0.4, -0.2) is 87.5 Å². The molecule has 1 saturated heterocycles. The van der Waals surface area contributed by atoms with Crippen LogP contribution in [0.4, 0.5) is 4.79 Å². The largest absolute Gasteiger partial charge is 0.513 e. The van der Waals surface area contributed by atoms with Crippen LogP contribution in [0.15, 0.2) is 24.3 Å². The highest BCUT2D eigenvalue weighted by molar-refractivity contribution is 5.94. The molecule has 2 rings (SSSR count). The first-order valence-electron chi connectivity index (χ1n) is 9.63. The Labute approximate surface area is 170 Å². The highest BCUT2D eigenvalue weighted by atomic mass is 16.7. The topological polar surface area (TPSA) is 94.6 Å². The van der Waals surface area contributed by atoms with Crippen LogP contribution in [0, 0.1) is 0 Å². The maximum Gasteiger partial charge on any atom is 0.513 e. The monoisotopic (exact) mass is 408 g/mol. The quantitative estimate of drug-likeness (QED) is 0.366. The number of hydrogen-bond donors (Lipinski definition) is 0. The van der Waals surface area contributed by atoms with Crippen molar-refractivity contribution in [2.45, 2.75) is 13.3 Å². The number of ether oxygens (including phenoxy) is 4. The molecule has 2 amide bonds. The van der Waals surface area contributed by atoms with Crippen molar-refractivity contribution in [2.75, 3.05) is 59.7 Å². The highest BCUT2D eigenvalue weighted by Crippen LogP contribution is 2.15. The van der Waals surface area contributed by atoms with Gasteiger partial charge in [0.15, 0.2) is 0 Å². The lowest BCUT2D eigenvalue weighted by Gasteiger charge is -2.22. The molecule has 9 heteroatoms. The van der Waals surface area contributed by atoms with Crippen LogP contribution in [-0.2, 0) is 19.0 Å². The Bertz CT molecular complexity index is 678. The third kappa shape index (κ3) is 7.35. The molecular formula is C20H28N2O7. The third-order valence-corrected chi connectivity index (χ3v) is 4.36. The van der Waals surface area contributed by atoms with Crippen molar-refractivity contribution in [1.82, 2.24) is 9.80 Å². The predicted octanol–water partition coefficient (Wildman–Crippen LogP) is 1.56. The summed E-state index contributed by atoms with van der Waals surface area (Å²) in [6.45, 7) is 4.80. The van der Waals surface area contributed by atoms with Gasteiger partial charge in [-0.3, -0.25) is 9.59 Å². The maximum atomic E-state index is 12.8. The van der Waals surface area contributed by atoms with Gasteiger partial charge in [-0.2, -0.15) is 0 Å². The minimum absolute atomic E-state index is 0.0131. The fourth-order valence-corrected chi connectivity index (χ4v) is 2.85. The number of nitrogens with zero attached hydrogens (tertiary/aromatic N) is 2. The Morgan fingerprint density at radius 2 is 1.66 bits per heavy atom. The smallest absolute Gasteiger partial charge is 0.434 e. The van der Waals surface area contributed by atoms with Gasteiger partial charge in [0.2, 0.25) is 5.91 Å². The van der Waals surface area contributed by atoms with Gasteiger partial charge < -0.3 is 28.7 Å². The highest BCUT2D eigenvalue weighted by Gasteiger charge is 2.23. The average molecular weight is 408 g/mol. The zero-order valence-electron chi connectivity index (χ0n) is 16.9. The normalized spacial score (nSPS) is 14.3. The van der Waals surface area contributed by atoms with Crippen molar-refractivity contribution < 1.29 is 33.3 Å². The van der Waals surface area contributed by atoms with Gasteiger partial charge in [0, 0.05) is 38.9 Å². The van der Waals surface area contributed by atoms with E-state index < -0.39 is 6.16 Å². The van der Waals surface area contributed by atoms with E-state index in [1.165, 1.54) is 0 Å². The van der Waals surface area contributed by atoms with Crippen LogP contribution >= 0.6 is 0 Å². The molecule has 0 N–H and O–H groups in total. The summed E-state index contributed by atoms with van der Waals surface area (Å²) in [7, 11) is 1.58. The number of methoxy groups -OCH3 is 1.